The average molecular weight is 300 g/mol. The first-order chi connectivity index (χ1) is 10.1. The number of nitrogens with two attached hydrogens (primary N) is 1. The minimum Gasteiger partial charge on any atom is -0.389 e. The number of nitriles is 1. The van der Waals surface area contributed by atoms with Gasteiger partial charge >= 0.3 is 0 Å². The van der Waals surface area contributed by atoms with E-state index in [0.717, 1.165) is 29.1 Å². The lowest BCUT2D eigenvalue weighted by molar-refractivity contribution is -0.384. The second-order valence-electron chi connectivity index (χ2n) is 4.80. The molecule has 0 saturated heterocycles. The molecule has 1 aromatic carbocycles. The molecule has 0 unspecified atom stereocenters. The molecule has 6 nitrogen and oxygen atoms in total. The summed E-state index contributed by atoms with van der Waals surface area (Å²) in [5.74, 6) is 0. The standard InChI is InChI=1S/C14H12N4O2S/c15-7-12-11-5-6-17(8-13(11)21-14(12)16)9-1-3-10(4-2-9)18(19)20/h1-4H,5-6,8,16H2. The van der Waals surface area contributed by atoms with Gasteiger partial charge in [-0.05, 0) is 24.1 Å². The van der Waals surface area contributed by atoms with E-state index in [1.54, 1.807) is 12.1 Å². The highest BCUT2D eigenvalue weighted by molar-refractivity contribution is 7.16. The molecular weight excluding hydrogens is 288 g/mol. The van der Waals surface area contributed by atoms with Gasteiger partial charge in [0.15, 0.2) is 0 Å². The Balaban J connectivity index is 1.86. The average Bonchev–Trinajstić information content (AvgIpc) is 2.81. The second-order valence-corrected chi connectivity index (χ2v) is 5.94. The summed E-state index contributed by atoms with van der Waals surface area (Å²) < 4.78 is 0. The smallest absolute Gasteiger partial charge is 0.269 e. The molecule has 3 rings (SSSR count). The number of nitrogens with zero attached hydrogens (tertiary/aromatic N) is 3. The molecular formula is C14H12N4O2S. The summed E-state index contributed by atoms with van der Waals surface area (Å²) in [6.45, 7) is 1.46. The number of nitro benzene ring substituents is 1. The number of thiophene rings is 1. The summed E-state index contributed by atoms with van der Waals surface area (Å²) in [5, 5.41) is 20.4. The van der Waals surface area contributed by atoms with Crippen LogP contribution in [0.5, 0.6) is 0 Å². The van der Waals surface area contributed by atoms with Crippen molar-refractivity contribution in [3.63, 3.8) is 0 Å². The molecule has 0 spiro atoms. The molecule has 2 heterocycles. The molecule has 1 aromatic heterocycles. The highest BCUT2D eigenvalue weighted by atomic mass is 32.1. The molecule has 2 N–H and O–H groups in total. The number of rotatable bonds is 2. The first kappa shape index (κ1) is 13.4. The van der Waals surface area contributed by atoms with Crippen LogP contribution in [0.3, 0.4) is 0 Å². The van der Waals surface area contributed by atoms with Gasteiger partial charge in [-0.15, -0.1) is 11.3 Å². The normalized spacial score (nSPS) is 13.6. The molecule has 1 aliphatic rings. The predicted molar refractivity (Wildman–Crippen MR) is 81.3 cm³/mol. The molecule has 7 heteroatoms. The van der Waals surface area contributed by atoms with Gasteiger partial charge in [0.05, 0.1) is 17.0 Å². The topological polar surface area (TPSA) is 96.2 Å². The Hall–Kier alpha value is -2.59. The van der Waals surface area contributed by atoms with Crippen LogP contribution in [-0.2, 0) is 13.0 Å². The van der Waals surface area contributed by atoms with Crippen molar-refractivity contribution in [2.45, 2.75) is 13.0 Å². The fraction of sp³-hybridized carbons (Fsp3) is 0.214. The van der Waals surface area contributed by atoms with Crippen molar-refractivity contribution in [2.24, 2.45) is 0 Å². The van der Waals surface area contributed by atoms with Crippen molar-refractivity contribution >= 4 is 27.7 Å². The molecule has 0 bridgehead atoms. The van der Waals surface area contributed by atoms with E-state index in [2.05, 4.69) is 11.0 Å². The van der Waals surface area contributed by atoms with Crippen LogP contribution in [0, 0.1) is 21.4 Å². The fourth-order valence-electron chi connectivity index (χ4n) is 2.55. The third-order valence-corrected chi connectivity index (χ3v) is 4.67. The molecule has 106 valence electrons. The van der Waals surface area contributed by atoms with E-state index in [1.807, 2.05) is 0 Å². The third kappa shape index (κ3) is 2.30. The highest BCUT2D eigenvalue weighted by Crippen LogP contribution is 2.36. The first-order valence-electron chi connectivity index (χ1n) is 6.39. The Morgan fingerprint density at radius 3 is 2.71 bits per heavy atom. The van der Waals surface area contributed by atoms with Crippen molar-refractivity contribution in [3.8, 4) is 6.07 Å². The first-order valence-corrected chi connectivity index (χ1v) is 7.21. The van der Waals surface area contributed by atoms with Crippen molar-refractivity contribution < 1.29 is 4.92 Å². The van der Waals surface area contributed by atoms with Crippen LogP contribution in [0.2, 0.25) is 0 Å². The molecule has 0 fully saturated rings. The molecule has 2 aromatic rings. The van der Waals surface area contributed by atoms with E-state index in [-0.39, 0.29) is 5.69 Å². The Morgan fingerprint density at radius 1 is 1.38 bits per heavy atom. The Labute approximate surface area is 125 Å². The van der Waals surface area contributed by atoms with Crippen LogP contribution >= 0.6 is 11.3 Å². The van der Waals surface area contributed by atoms with Gasteiger partial charge in [-0.25, -0.2) is 0 Å². The monoisotopic (exact) mass is 300 g/mol. The molecule has 0 atom stereocenters. The van der Waals surface area contributed by atoms with Gasteiger partial charge in [0, 0.05) is 29.2 Å². The predicted octanol–water partition coefficient (Wildman–Crippen LogP) is 2.67. The van der Waals surface area contributed by atoms with Gasteiger partial charge < -0.3 is 10.6 Å². The van der Waals surface area contributed by atoms with E-state index in [4.69, 9.17) is 11.0 Å². The van der Waals surface area contributed by atoms with Gasteiger partial charge in [-0.3, -0.25) is 10.1 Å². The summed E-state index contributed by atoms with van der Waals surface area (Å²) in [4.78, 5) is 13.5. The summed E-state index contributed by atoms with van der Waals surface area (Å²) in [6.07, 6.45) is 0.767. The van der Waals surface area contributed by atoms with Gasteiger partial charge in [0.25, 0.3) is 5.69 Å². The Bertz CT molecular complexity index is 746. The number of hydrogen-bond donors (Lipinski definition) is 1. The largest absolute Gasteiger partial charge is 0.389 e. The molecule has 21 heavy (non-hydrogen) atoms. The molecule has 1 aliphatic heterocycles. The van der Waals surface area contributed by atoms with Crippen LogP contribution in [0.1, 0.15) is 16.0 Å². The maximum absolute atomic E-state index is 10.7. The van der Waals surface area contributed by atoms with E-state index < -0.39 is 4.92 Å². The summed E-state index contributed by atoms with van der Waals surface area (Å²) >= 11 is 1.45. The minimum absolute atomic E-state index is 0.0867. The number of nitro groups is 1. The van der Waals surface area contributed by atoms with E-state index >= 15 is 0 Å². The zero-order valence-electron chi connectivity index (χ0n) is 11.1. The SMILES string of the molecule is N#Cc1c(N)sc2c1CCN(c1ccc([N+](=O)[O-])cc1)C2. The second kappa shape index (κ2) is 5.07. The molecule has 0 amide bonds. The van der Waals surface area contributed by atoms with E-state index in [1.165, 1.54) is 23.5 Å². The molecule has 0 radical (unpaired) electrons. The van der Waals surface area contributed by atoms with Crippen LogP contribution in [-0.4, -0.2) is 11.5 Å². The van der Waals surface area contributed by atoms with Crippen LogP contribution in [0.25, 0.3) is 0 Å². The number of nitrogen functional groups attached to an aromatic ring is 1. The van der Waals surface area contributed by atoms with Crippen molar-refractivity contribution in [3.05, 3.63) is 50.4 Å². The zero-order valence-corrected chi connectivity index (χ0v) is 11.9. The molecule has 0 aliphatic carbocycles. The third-order valence-electron chi connectivity index (χ3n) is 3.62. The Kier molecular flexibility index (Phi) is 3.23. The lowest BCUT2D eigenvalue weighted by atomic mass is 10.0. The van der Waals surface area contributed by atoms with E-state index in [0.29, 0.717) is 17.1 Å². The maximum atomic E-state index is 10.7. The highest BCUT2D eigenvalue weighted by Gasteiger charge is 2.23. The van der Waals surface area contributed by atoms with Crippen molar-refractivity contribution in [1.82, 2.24) is 0 Å². The number of anilines is 2. The fourth-order valence-corrected chi connectivity index (χ4v) is 3.64. The summed E-state index contributed by atoms with van der Waals surface area (Å²) in [5.41, 5.74) is 8.56. The van der Waals surface area contributed by atoms with Gasteiger partial charge in [-0.2, -0.15) is 5.26 Å². The van der Waals surface area contributed by atoms with Crippen LogP contribution in [0.4, 0.5) is 16.4 Å². The number of fused-ring (bicyclic) bond motifs is 1. The van der Waals surface area contributed by atoms with Gasteiger partial charge in [-0.1, -0.05) is 0 Å². The Morgan fingerprint density at radius 2 is 2.10 bits per heavy atom. The van der Waals surface area contributed by atoms with Crippen LogP contribution < -0.4 is 10.6 Å². The summed E-state index contributed by atoms with van der Waals surface area (Å²) in [7, 11) is 0. The number of benzene rings is 1. The van der Waals surface area contributed by atoms with Crippen LogP contribution in [0.15, 0.2) is 24.3 Å². The number of hydrogen-bond acceptors (Lipinski definition) is 6. The lowest BCUT2D eigenvalue weighted by Crippen LogP contribution is -2.29. The number of non-ortho nitro benzene ring substituents is 1. The maximum Gasteiger partial charge on any atom is 0.269 e. The van der Waals surface area contributed by atoms with Crippen molar-refractivity contribution in [2.75, 3.05) is 17.2 Å². The van der Waals surface area contributed by atoms with Gasteiger partial charge in [0.1, 0.15) is 11.1 Å². The molecule has 0 saturated carbocycles. The van der Waals surface area contributed by atoms with E-state index in [9.17, 15) is 10.1 Å². The van der Waals surface area contributed by atoms with Gasteiger partial charge in [0.2, 0.25) is 0 Å². The minimum atomic E-state index is -0.406. The summed E-state index contributed by atoms with van der Waals surface area (Å²) in [6, 6.07) is 8.70. The quantitative estimate of drug-likeness (QED) is 0.679. The lowest BCUT2D eigenvalue weighted by Gasteiger charge is -2.28. The van der Waals surface area contributed by atoms with Crippen molar-refractivity contribution in [1.29, 1.82) is 5.26 Å². The zero-order chi connectivity index (χ0) is 15.0.